The van der Waals surface area contributed by atoms with E-state index in [9.17, 15) is 0 Å². The van der Waals surface area contributed by atoms with E-state index < -0.39 is 0 Å². The predicted molar refractivity (Wildman–Crippen MR) is 62.3 cm³/mol. The second kappa shape index (κ2) is 4.97. The van der Waals surface area contributed by atoms with Crippen LogP contribution in [0.25, 0.3) is 0 Å². The highest BCUT2D eigenvalue weighted by atomic mass is 14.6. The van der Waals surface area contributed by atoms with Crippen LogP contribution in [0.15, 0.2) is 30.9 Å². The molecule has 1 atom stereocenters. The molecule has 0 bridgehead atoms. The Hall–Kier alpha value is -1.08. The van der Waals surface area contributed by atoms with Crippen molar-refractivity contribution in [3.05, 3.63) is 47.5 Å². The summed E-state index contributed by atoms with van der Waals surface area (Å²) in [5.74, 6) is 0. The van der Waals surface area contributed by atoms with Gasteiger partial charge in [-0.1, -0.05) is 24.3 Å². The molecule has 1 aromatic rings. The van der Waals surface area contributed by atoms with Crippen LogP contribution in [0.2, 0.25) is 0 Å². The van der Waals surface area contributed by atoms with Gasteiger partial charge in [0.25, 0.3) is 0 Å². The zero-order valence-electron chi connectivity index (χ0n) is 9.09. The average Bonchev–Trinajstić information content (AvgIpc) is 2.14. The summed E-state index contributed by atoms with van der Waals surface area (Å²) in [6.45, 7) is 7.96. The summed E-state index contributed by atoms with van der Waals surface area (Å²) in [6.07, 6.45) is 3.89. The molecule has 1 heteroatoms. The third-order valence-electron chi connectivity index (χ3n) is 2.59. The van der Waals surface area contributed by atoms with E-state index in [1.807, 2.05) is 6.08 Å². The van der Waals surface area contributed by atoms with E-state index >= 15 is 0 Å². The molecule has 0 heterocycles. The average molecular weight is 189 g/mol. The number of nitrogens with two attached hydrogens (primary N) is 1. The van der Waals surface area contributed by atoms with Gasteiger partial charge in [0, 0.05) is 6.04 Å². The van der Waals surface area contributed by atoms with Crippen molar-refractivity contribution in [3.8, 4) is 0 Å². The van der Waals surface area contributed by atoms with Gasteiger partial charge in [0.05, 0.1) is 0 Å². The van der Waals surface area contributed by atoms with E-state index in [1.165, 1.54) is 16.7 Å². The van der Waals surface area contributed by atoms with Crippen LogP contribution < -0.4 is 5.73 Å². The summed E-state index contributed by atoms with van der Waals surface area (Å²) in [5, 5.41) is 0. The molecule has 0 aromatic heterocycles. The molecule has 76 valence electrons. The van der Waals surface area contributed by atoms with Crippen molar-refractivity contribution >= 4 is 0 Å². The molecular weight excluding hydrogens is 170 g/mol. The molecule has 0 amide bonds. The summed E-state index contributed by atoms with van der Waals surface area (Å²) in [7, 11) is 0. The Balaban J connectivity index is 2.87. The zero-order valence-corrected chi connectivity index (χ0v) is 9.09. The highest BCUT2D eigenvalue weighted by molar-refractivity contribution is 5.35. The topological polar surface area (TPSA) is 26.0 Å². The Bertz CT molecular complexity index is 295. The van der Waals surface area contributed by atoms with Gasteiger partial charge in [-0.15, -0.1) is 6.58 Å². The minimum atomic E-state index is 0.147. The maximum atomic E-state index is 6.13. The minimum Gasteiger partial charge on any atom is -0.324 e. The smallest absolute Gasteiger partial charge is 0.0303 e. The number of hydrogen-bond acceptors (Lipinski definition) is 1. The fourth-order valence-corrected chi connectivity index (χ4v) is 1.85. The molecule has 0 aliphatic rings. The van der Waals surface area contributed by atoms with Crippen LogP contribution >= 0.6 is 0 Å². The third kappa shape index (κ3) is 2.46. The highest BCUT2D eigenvalue weighted by Gasteiger charge is 2.10. The number of allylic oxidation sites excluding steroid dienone is 1. The Morgan fingerprint density at radius 2 is 1.93 bits per heavy atom. The van der Waals surface area contributed by atoms with Crippen molar-refractivity contribution in [1.82, 2.24) is 0 Å². The van der Waals surface area contributed by atoms with Crippen LogP contribution in [0.1, 0.15) is 35.6 Å². The lowest BCUT2D eigenvalue weighted by molar-refractivity contribution is 0.654. The largest absolute Gasteiger partial charge is 0.324 e. The lowest BCUT2D eigenvalue weighted by Gasteiger charge is -2.16. The molecule has 2 N–H and O–H groups in total. The first-order valence-corrected chi connectivity index (χ1v) is 5.09. The van der Waals surface area contributed by atoms with Crippen LogP contribution in [0.3, 0.4) is 0 Å². The van der Waals surface area contributed by atoms with E-state index in [-0.39, 0.29) is 6.04 Å². The number of aryl methyl sites for hydroxylation is 2. The summed E-state index contributed by atoms with van der Waals surface area (Å²) >= 11 is 0. The van der Waals surface area contributed by atoms with Crippen molar-refractivity contribution in [3.63, 3.8) is 0 Å². The molecule has 1 unspecified atom stereocenters. The molecule has 0 radical (unpaired) electrons. The van der Waals surface area contributed by atoms with Crippen LogP contribution in [-0.2, 0) is 0 Å². The maximum absolute atomic E-state index is 6.13. The van der Waals surface area contributed by atoms with Gasteiger partial charge in [0.15, 0.2) is 0 Å². The van der Waals surface area contributed by atoms with Gasteiger partial charge in [-0.25, -0.2) is 0 Å². The summed E-state index contributed by atoms with van der Waals surface area (Å²) in [5.41, 5.74) is 10.0. The lowest BCUT2D eigenvalue weighted by atomic mass is 9.94. The van der Waals surface area contributed by atoms with E-state index in [2.05, 4.69) is 38.6 Å². The van der Waals surface area contributed by atoms with Crippen LogP contribution in [-0.4, -0.2) is 0 Å². The molecule has 0 aliphatic heterocycles. The van der Waals surface area contributed by atoms with Gasteiger partial charge >= 0.3 is 0 Å². The van der Waals surface area contributed by atoms with Gasteiger partial charge in [-0.05, 0) is 43.4 Å². The molecule has 0 aliphatic carbocycles. The van der Waals surface area contributed by atoms with E-state index in [1.54, 1.807) is 0 Å². The number of rotatable bonds is 4. The normalized spacial score (nSPS) is 12.5. The van der Waals surface area contributed by atoms with Crippen molar-refractivity contribution < 1.29 is 0 Å². The molecule has 1 nitrogen and oxygen atoms in total. The van der Waals surface area contributed by atoms with Crippen molar-refractivity contribution in [1.29, 1.82) is 0 Å². The fraction of sp³-hybridized carbons (Fsp3) is 0.385. The summed E-state index contributed by atoms with van der Waals surface area (Å²) in [4.78, 5) is 0. The third-order valence-corrected chi connectivity index (χ3v) is 2.59. The Labute approximate surface area is 86.6 Å². The van der Waals surface area contributed by atoms with Gasteiger partial charge in [0.2, 0.25) is 0 Å². The van der Waals surface area contributed by atoms with Gasteiger partial charge in [-0.3, -0.25) is 0 Å². The molecule has 0 spiro atoms. The van der Waals surface area contributed by atoms with E-state index in [0.717, 1.165) is 12.8 Å². The molecule has 0 saturated heterocycles. The maximum Gasteiger partial charge on any atom is 0.0303 e. The quantitative estimate of drug-likeness (QED) is 0.723. The lowest BCUT2D eigenvalue weighted by Crippen LogP contribution is -2.12. The zero-order chi connectivity index (χ0) is 10.6. The summed E-state index contributed by atoms with van der Waals surface area (Å²) < 4.78 is 0. The first-order chi connectivity index (χ1) is 6.66. The van der Waals surface area contributed by atoms with Crippen molar-refractivity contribution in [2.24, 2.45) is 5.73 Å². The Kier molecular flexibility index (Phi) is 3.90. The number of benzene rings is 1. The number of hydrogen-bond donors (Lipinski definition) is 1. The first kappa shape index (κ1) is 11.0. The van der Waals surface area contributed by atoms with Crippen molar-refractivity contribution in [2.75, 3.05) is 0 Å². The predicted octanol–water partition coefficient (Wildman–Crippen LogP) is 3.27. The SMILES string of the molecule is C=CCCC(N)c1c(C)cccc1C. The molecule has 0 saturated carbocycles. The first-order valence-electron chi connectivity index (χ1n) is 5.09. The van der Waals surface area contributed by atoms with Crippen molar-refractivity contribution in [2.45, 2.75) is 32.7 Å². The molecular formula is C13H19N. The van der Waals surface area contributed by atoms with Gasteiger partial charge in [-0.2, -0.15) is 0 Å². The second-order valence-corrected chi connectivity index (χ2v) is 3.78. The minimum absolute atomic E-state index is 0.147. The van der Waals surface area contributed by atoms with E-state index in [4.69, 9.17) is 5.73 Å². The standard InChI is InChI=1S/C13H19N/c1-4-5-9-12(14)13-10(2)7-6-8-11(13)3/h4,6-8,12H,1,5,9,14H2,2-3H3. The van der Waals surface area contributed by atoms with Crippen LogP contribution in [0.5, 0.6) is 0 Å². The fourth-order valence-electron chi connectivity index (χ4n) is 1.85. The Morgan fingerprint density at radius 1 is 1.36 bits per heavy atom. The van der Waals surface area contributed by atoms with Gasteiger partial charge < -0.3 is 5.73 Å². The van der Waals surface area contributed by atoms with Crippen LogP contribution in [0.4, 0.5) is 0 Å². The summed E-state index contributed by atoms with van der Waals surface area (Å²) in [6, 6.07) is 6.47. The molecule has 1 rings (SSSR count). The molecule has 1 aromatic carbocycles. The second-order valence-electron chi connectivity index (χ2n) is 3.78. The Morgan fingerprint density at radius 3 is 2.43 bits per heavy atom. The molecule has 0 fully saturated rings. The highest BCUT2D eigenvalue weighted by Crippen LogP contribution is 2.23. The molecule has 14 heavy (non-hydrogen) atoms. The van der Waals surface area contributed by atoms with E-state index in [0.29, 0.717) is 0 Å². The monoisotopic (exact) mass is 189 g/mol. The van der Waals surface area contributed by atoms with Crippen LogP contribution in [0, 0.1) is 13.8 Å². The van der Waals surface area contributed by atoms with Gasteiger partial charge in [0.1, 0.15) is 0 Å².